The Kier molecular flexibility index (Phi) is 13.3. The van der Waals surface area contributed by atoms with E-state index in [9.17, 15) is 24.6 Å². The largest absolute Gasteiger partial charge is 0.469 e. The van der Waals surface area contributed by atoms with Crippen molar-refractivity contribution in [2.24, 2.45) is 5.92 Å². The zero-order valence-electron chi connectivity index (χ0n) is 24.2. The summed E-state index contributed by atoms with van der Waals surface area (Å²) in [5, 5.41) is 24.4. The minimum absolute atomic E-state index is 0.0200. The van der Waals surface area contributed by atoms with Crippen LogP contribution in [0, 0.1) is 5.92 Å². The fourth-order valence-corrected chi connectivity index (χ4v) is 5.19. The summed E-state index contributed by atoms with van der Waals surface area (Å²) in [6.07, 6.45) is 6.26. The Morgan fingerprint density at radius 1 is 1.20 bits per heavy atom. The van der Waals surface area contributed by atoms with Crippen molar-refractivity contribution in [1.82, 2.24) is 5.32 Å². The molecule has 0 aromatic heterocycles. The van der Waals surface area contributed by atoms with Crippen molar-refractivity contribution in [2.45, 2.75) is 109 Å². The van der Waals surface area contributed by atoms with Crippen LogP contribution in [0.4, 0.5) is 0 Å². The number of hydrogen-bond donors (Lipinski definition) is 3. The molecule has 2 fully saturated rings. The third-order valence-corrected chi connectivity index (χ3v) is 7.74. The molecule has 0 aliphatic carbocycles. The first-order valence-electron chi connectivity index (χ1n) is 13.6. The highest BCUT2D eigenvalue weighted by molar-refractivity contribution is 6.18. The SMILES string of the molecule is COC(=O)C[C@@H]1C[C@@](O)(CCl)[C@H](O)[C@@H](C=CC(C)=CC[C@@H]2O[C@H](C)[C@H](NC(=O)C=C[C@H](C)OC(C)=O)C[C@@H]2C)O1. The van der Waals surface area contributed by atoms with E-state index in [2.05, 4.69) is 12.2 Å². The second-order valence-electron chi connectivity index (χ2n) is 10.8. The van der Waals surface area contributed by atoms with Gasteiger partial charge in [0, 0.05) is 19.4 Å². The molecule has 0 aromatic carbocycles. The average Bonchev–Trinajstić information content (AvgIpc) is 2.89. The first-order valence-corrected chi connectivity index (χ1v) is 14.2. The van der Waals surface area contributed by atoms with Crippen LogP contribution in [0.15, 0.2) is 36.0 Å². The quantitative estimate of drug-likeness (QED) is 0.144. The van der Waals surface area contributed by atoms with Crippen LogP contribution in [0.3, 0.4) is 0 Å². The third kappa shape index (κ3) is 10.3. The van der Waals surface area contributed by atoms with Gasteiger partial charge in [-0.3, -0.25) is 14.4 Å². The van der Waals surface area contributed by atoms with E-state index in [1.54, 1.807) is 19.1 Å². The molecule has 0 unspecified atom stereocenters. The Morgan fingerprint density at radius 3 is 2.52 bits per heavy atom. The molecule has 2 aliphatic rings. The van der Waals surface area contributed by atoms with Crippen molar-refractivity contribution >= 4 is 29.4 Å². The molecule has 10 nitrogen and oxygen atoms in total. The fraction of sp³-hybridized carbons (Fsp3) is 0.690. The molecule has 0 saturated carbocycles. The minimum Gasteiger partial charge on any atom is -0.469 e. The summed E-state index contributed by atoms with van der Waals surface area (Å²) in [6.45, 7) is 8.91. The number of allylic oxidation sites excluding steroid dienone is 2. The molecule has 0 aromatic rings. The van der Waals surface area contributed by atoms with E-state index in [-0.39, 0.29) is 48.8 Å². The minimum atomic E-state index is -1.59. The topological polar surface area (TPSA) is 141 Å². The van der Waals surface area contributed by atoms with Gasteiger partial charge in [-0.25, -0.2) is 0 Å². The van der Waals surface area contributed by atoms with Crippen LogP contribution in [0.5, 0.6) is 0 Å². The smallest absolute Gasteiger partial charge is 0.308 e. The molecule has 3 N–H and O–H groups in total. The molecule has 226 valence electrons. The van der Waals surface area contributed by atoms with Crippen LogP contribution in [0.2, 0.25) is 0 Å². The van der Waals surface area contributed by atoms with Crippen molar-refractivity contribution in [2.75, 3.05) is 13.0 Å². The van der Waals surface area contributed by atoms with Gasteiger partial charge in [0.05, 0.1) is 43.8 Å². The van der Waals surface area contributed by atoms with Gasteiger partial charge < -0.3 is 34.5 Å². The van der Waals surface area contributed by atoms with Gasteiger partial charge in [-0.1, -0.05) is 30.7 Å². The number of esters is 2. The van der Waals surface area contributed by atoms with E-state index >= 15 is 0 Å². The number of aliphatic hydroxyl groups excluding tert-OH is 1. The Morgan fingerprint density at radius 2 is 1.90 bits per heavy atom. The van der Waals surface area contributed by atoms with Crippen molar-refractivity contribution in [3.63, 3.8) is 0 Å². The monoisotopic (exact) mass is 585 g/mol. The van der Waals surface area contributed by atoms with Gasteiger partial charge in [0.15, 0.2) is 0 Å². The number of methoxy groups -OCH3 is 1. The highest BCUT2D eigenvalue weighted by Gasteiger charge is 2.47. The average molecular weight is 586 g/mol. The van der Waals surface area contributed by atoms with Crippen LogP contribution < -0.4 is 5.32 Å². The molecule has 0 bridgehead atoms. The standard InChI is InChI=1S/C29H44ClNO9/c1-17(8-11-25-28(35)29(36,16-30)15-22(40-25)14-27(34)37-6)7-10-24-18(2)13-23(20(4)39-24)31-26(33)12-9-19(3)38-21(5)32/h7-9,11-12,18-20,22-25,28,35-36H,10,13-16H2,1-6H3,(H,31,33)/t18-,19-,20+,22+,23+,24-,25+,28+,29+/m0/s1. The highest BCUT2D eigenvalue weighted by Crippen LogP contribution is 2.33. The molecule has 40 heavy (non-hydrogen) atoms. The molecular formula is C29H44ClNO9. The van der Waals surface area contributed by atoms with Crippen molar-refractivity contribution in [3.05, 3.63) is 36.0 Å². The summed E-state index contributed by atoms with van der Waals surface area (Å²) in [7, 11) is 1.28. The maximum atomic E-state index is 12.3. The van der Waals surface area contributed by atoms with E-state index in [1.165, 1.54) is 26.2 Å². The van der Waals surface area contributed by atoms with Crippen molar-refractivity contribution < 1.29 is 43.5 Å². The second kappa shape index (κ2) is 15.7. The molecule has 2 aliphatic heterocycles. The molecule has 11 heteroatoms. The highest BCUT2D eigenvalue weighted by atomic mass is 35.5. The number of alkyl halides is 1. The Bertz CT molecular complexity index is 967. The van der Waals surface area contributed by atoms with E-state index in [0.717, 1.165) is 12.0 Å². The normalized spacial score (nSPS) is 34.0. The van der Waals surface area contributed by atoms with Gasteiger partial charge in [-0.15, -0.1) is 11.6 Å². The molecule has 0 spiro atoms. The van der Waals surface area contributed by atoms with E-state index in [1.807, 2.05) is 19.9 Å². The van der Waals surface area contributed by atoms with Crippen molar-refractivity contribution in [1.29, 1.82) is 0 Å². The van der Waals surface area contributed by atoms with Gasteiger partial charge in [0.25, 0.3) is 0 Å². The number of amides is 1. The molecule has 2 rings (SSSR count). The summed E-state index contributed by atoms with van der Waals surface area (Å²) in [4.78, 5) is 35.1. The molecule has 1 amide bonds. The molecule has 0 radical (unpaired) electrons. The molecular weight excluding hydrogens is 542 g/mol. The summed E-state index contributed by atoms with van der Waals surface area (Å²) in [6, 6.07) is -0.152. The number of ether oxygens (including phenoxy) is 4. The lowest BCUT2D eigenvalue weighted by molar-refractivity contribution is -0.197. The maximum Gasteiger partial charge on any atom is 0.308 e. The third-order valence-electron chi connectivity index (χ3n) is 7.28. The summed E-state index contributed by atoms with van der Waals surface area (Å²) in [5.41, 5.74) is -0.680. The van der Waals surface area contributed by atoms with Crippen molar-refractivity contribution in [3.8, 4) is 0 Å². The van der Waals surface area contributed by atoms with Gasteiger partial charge in [0.1, 0.15) is 23.9 Å². The summed E-state index contributed by atoms with van der Waals surface area (Å²) < 4.78 is 21.8. The Hall–Kier alpha value is -2.24. The van der Waals surface area contributed by atoms with Crippen LogP contribution in [0.25, 0.3) is 0 Å². The number of carbonyl (C=O) groups excluding carboxylic acids is 3. The number of carbonyl (C=O) groups is 3. The van der Waals surface area contributed by atoms with Gasteiger partial charge in [0.2, 0.25) is 5.91 Å². The van der Waals surface area contributed by atoms with Crippen LogP contribution in [-0.2, 0) is 33.3 Å². The maximum absolute atomic E-state index is 12.3. The number of hydrogen-bond acceptors (Lipinski definition) is 9. The fourth-order valence-electron chi connectivity index (χ4n) is 4.92. The van der Waals surface area contributed by atoms with Crippen LogP contribution in [-0.4, -0.2) is 89.3 Å². The Balaban J connectivity index is 1.94. The lowest BCUT2D eigenvalue weighted by Crippen LogP contribution is -2.58. The summed E-state index contributed by atoms with van der Waals surface area (Å²) >= 11 is 5.95. The molecule has 2 saturated heterocycles. The predicted octanol–water partition coefficient (Wildman–Crippen LogP) is 2.74. The zero-order valence-corrected chi connectivity index (χ0v) is 24.9. The van der Waals surface area contributed by atoms with E-state index in [0.29, 0.717) is 6.42 Å². The van der Waals surface area contributed by atoms with Gasteiger partial charge >= 0.3 is 11.9 Å². The predicted molar refractivity (Wildman–Crippen MR) is 150 cm³/mol. The lowest BCUT2D eigenvalue weighted by atomic mass is 9.84. The number of halogens is 1. The Labute approximate surface area is 241 Å². The lowest BCUT2D eigenvalue weighted by Gasteiger charge is -2.43. The number of nitrogens with one attached hydrogen (secondary N) is 1. The van der Waals surface area contributed by atoms with Gasteiger partial charge in [-0.05, 0) is 45.6 Å². The van der Waals surface area contributed by atoms with Crippen LogP contribution in [0.1, 0.15) is 60.3 Å². The zero-order chi connectivity index (χ0) is 30.0. The van der Waals surface area contributed by atoms with E-state index < -0.39 is 42.0 Å². The first-order chi connectivity index (χ1) is 18.8. The summed E-state index contributed by atoms with van der Waals surface area (Å²) in [5.74, 6) is -1.17. The van der Waals surface area contributed by atoms with E-state index in [4.69, 9.17) is 30.5 Å². The second-order valence-corrected chi connectivity index (χ2v) is 11.1. The number of rotatable bonds is 11. The van der Waals surface area contributed by atoms with Crippen LogP contribution >= 0.6 is 11.6 Å². The number of aliphatic hydroxyl groups is 2. The molecule has 9 atom stereocenters. The first kappa shape index (κ1) is 34.0. The van der Waals surface area contributed by atoms with Gasteiger partial charge in [-0.2, -0.15) is 0 Å². The molecule has 2 heterocycles.